The molecule has 2 aromatic heterocycles. The predicted molar refractivity (Wildman–Crippen MR) is 130 cm³/mol. The summed E-state index contributed by atoms with van der Waals surface area (Å²) in [5.41, 5.74) is 0.328. The van der Waals surface area contributed by atoms with Crippen molar-refractivity contribution in [2.45, 2.75) is 38.3 Å². The van der Waals surface area contributed by atoms with E-state index in [1.54, 1.807) is 32.3 Å². The van der Waals surface area contributed by atoms with E-state index in [0.717, 1.165) is 0 Å². The quantitative estimate of drug-likeness (QED) is 0.457. The van der Waals surface area contributed by atoms with Crippen LogP contribution in [0.25, 0.3) is 11.1 Å². The fourth-order valence-electron chi connectivity index (χ4n) is 3.75. The minimum absolute atomic E-state index is 0.0579. The fourth-order valence-corrected chi connectivity index (χ4v) is 4.29. The van der Waals surface area contributed by atoms with Crippen LogP contribution in [0, 0.1) is 5.82 Å². The van der Waals surface area contributed by atoms with Crippen LogP contribution in [0.3, 0.4) is 0 Å². The molecule has 0 bridgehead atoms. The molecule has 0 unspecified atom stereocenters. The van der Waals surface area contributed by atoms with E-state index in [4.69, 9.17) is 27.9 Å². The summed E-state index contributed by atoms with van der Waals surface area (Å²) in [4.78, 5) is 29.7. The number of ether oxygens (including phenoxy) is 1. The van der Waals surface area contributed by atoms with Crippen LogP contribution in [0.15, 0.2) is 36.8 Å². The van der Waals surface area contributed by atoms with Crippen molar-refractivity contribution < 1.29 is 18.7 Å². The Bertz CT molecular complexity index is 1290. The highest BCUT2D eigenvalue weighted by Gasteiger charge is 2.51. The van der Waals surface area contributed by atoms with Gasteiger partial charge in [-0.05, 0) is 44.9 Å². The Morgan fingerprint density at radius 1 is 1.26 bits per heavy atom. The summed E-state index contributed by atoms with van der Waals surface area (Å²) in [7, 11) is 1.70. The molecule has 0 radical (unpaired) electrons. The number of hydrogen-bond acceptors (Lipinski definition) is 5. The molecule has 2 N–H and O–H groups in total. The molecule has 11 heteroatoms. The van der Waals surface area contributed by atoms with Crippen molar-refractivity contribution in [3.05, 3.63) is 63.9 Å². The monoisotopic (exact) mass is 519 g/mol. The van der Waals surface area contributed by atoms with Crippen LogP contribution in [0.2, 0.25) is 10.0 Å². The maximum atomic E-state index is 15.1. The van der Waals surface area contributed by atoms with E-state index >= 15 is 4.39 Å². The van der Waals surface area contributed by atoms with E-state index in [1.165, 1.54) is 23.1 Å². The molecule has 2 heterocycles. The largest absolute Gasteiger partial charge is 0.492 e. The summed E-state index contributed by atoms with van der Waals surface area (Å²) in [5.74, 6) is -1.02. The van der Waals surface area contributed by atoms with Gasteiger partial charge in [-0.3, -0.25) is 19.3 Å². The van der Waals surface area contributed by atoms with Crippen molar-refractivity contribution >= 4 is 35.0 Å². The Hall–Kier alpha value is -3.17. The molecule has 184 valence electrons. The van der Waals surface area contributed by atoms with E-state index in [2.05, 4.69) is 20.7 Å². The highest BCUT2D eigenvalue weighted by molar-refractivity contribution is 6.36. The fraction of sp³-hybridized carbons (Fsp3) is 0.333. The zero-order valence-corrected chi connectivity index (χ0v) is 20.9. The first kappa shape index (κ1) is 24.9. The van der Waals surface area contributed by atoms with Crippen LogP contribution in [0.4, 0.5) is 4.39 Å². The number of hydrogen-bond donors (Lipinski definition) is 2. The molecule has 4 rings (SSSR count). The van der Waals surface area contributed by atoms with Crippen LogP contribution >= 0.6 is 23.2 Å². The van der Waals surface area contributed by atoms with Crippen molar-refractivity contribution in [2.75, 3.05) is 6.61 Å². The predicted octanol–water partition coefficient (Wildman–Crippen LogP) is 4.47. The number of rotatable bonds is 8. The number of amides is 2. The lowest BCUT2D eigenvalue weighted by atomic mass is 10.0. The first-order valence-electron chi connectivity index (χ1n) is 11.0. The van der Waals surface area contributed by atoms with E-state index < -0.39 is 29.2 Å². The molecule has 0 aliphatic heterocycles. The van der Waals surface area contributed by atoms with Gasteiger partial charge < -0.3 is 15.4 Å². The lowest BCUT2D eigenvalue weighted by Crippen LogP contribution is -2.49. The third kappa shape index (κ3) is 5.26. The Kier molecular flexibility index (Phi) is 7.00. The summed E-state index contributed by atoms with van der Waals surface area (Å²) < 4.78 is 22.2. The lowest BCUT2D eigenvalue weighted by molar-refractivity contribution is -0.124. The number of carbonyl (C=O) groups excluding carboxylic acids is 2. The first-order valence-corrected chi connectivity index (χ1v) is 11.8. The second-order valence-electron chi connectivity index (χ2n) is 8.42. The second-order valence-corrected chi connectivity index (χ2v) is 9.27. The summed E-state index contributed by atoms with van der Waals surface area (Å²) in [6.45, 7) is 3.81. The number of pyridine rings is 1. The van der Waals surface area contributed by atoms with E-state index in [9.17, 15) is 9.59 Å². The van der Waals surface area contributed by atoms with Crippen LogP contribution < -0.4 is 15.4 Å². The lowest BCUT2D eigenvalue weighted by Gasteiger charge is -2.21. The van der Waals surface area contributed by atoms with Crippen LogP contribution in [-0.4, -0.2) is 38.7 Å². The minimum Gasteiger partial charge on any atom is -0.492 e. The molecule has 0 spiro atoms. The Labute approximate surface area is 211 Å². The molecular weight excluding hydrogens is 496 g/mol. The Morgan fingerprint density at radius 3 is 2.60 bits per heavy atom. The SMILES string of the molecule is CCOc1c(Cl)cc(Cl)cc1-c1cnc([C@@H](C)NC(=O)C2(NC(=O)c3cnn(C)c3)CC2)c(F)c1. The molecule has 1 atom stereocenters. The van der Waals surface area contributed by atoms with Crippen LogP contribution in [0.1, 0.15) is 48.8 Å². The maximum Gasteiger partial charge on any atom is 0.255 e. The van der Waals surface area contributed by atoms with Crippen molar-refractivity contribution in [3.8, 4) is 16.9 Å². The summed E-state index contributed by atoms with van der Waals surface area (Å²) in [6, 6.07) is 3.74. The molecule has 2 amide bonds. The maximum absolute atomic E-state index is 15.1. The van der Waals surface area contributed by atoms with Gasteiger partial charge in [0.1, 0.15) is 17.1 Å². The number of nitrogens with one attached hydrogen (secondary N) is 2. The molecule has 1 aliphatic carbocycles. The van der Waals surface area contributed by atoms with Crippen molar-refractivity contribution in [1.82, 2.24) is 25.4 Å². The van der Waals surface area contributed by atoms with Crippen molar-refractivity contribution in [3.63, 3.8) is 0 Å². The molecule has 1 saturated carbocycles. The Balaban J connectivity index is 1.50. The summed E-state index contributed by atoms with van der Waals surface area (Å²) >= 11 is 12.4. The third-order valence-corrected chi connectivity index (χ3v) is 6.24. The zero-order chi connectivity index (χ0) is 25.3. The van der Waals surface area contributed by atoms with Crippen molar-refractivity contribution in [1.29, 1.82) is 0 Å². The van der Waals surface area contributed by atoms with Gasteiger partial charge in [0.15, 0.2) is 0 Å². The molecule has 0 saturated heterocycles. The van der Waals surface area contributed by atoms with Gasteiger partial charge >= 0.3 is 0 Å². The average molecular weight is 520 g/mol. The molecular formula is C24H24Cl2FN5O3. The normalized spacial score (nSPS) is 14.8. The van der Waals surface area contributed by atoms with Gasteiger partial charge in [0, 0.05) is 35.6 Å². The van der Waals surface area contributed by atoms with Crippen molar-refractivity contribution in [2.24, 2.45) is 7.05 Å². The number of aryl methyl sites for hydroxylation is 1. The first-order chi connectivity index (χ1) is 16.6. The molecule has 1 fully saturated rings. The molecule has 8 nitrogen and oxygen atoms in total. The third-order valence-electron chi connectivity index (χ3n) is 5.74. The summed E-state index contributed by atoms with van der Waals surface area (Å²) in [5, 5.41) is 10.2. The smallest absolute Gasteiger partial charge is 0.255 e. The number of halogens is 3. The molecule has 35 heavy (non-hydrogen) atoms. The topological polar surface area (TPSA) is 98.1 Å². The number of benzene rings is 1. The minimum atomic E-state index is -1.03. The summed E-state index contributed by atoms with van der Waals surface area (Å²) in [6.07, 6.45) is 5.45. The zero-order valence-electron chi connectivity index (χ0n) is 19.4. The molecule has 1 aromatic carbocycles. The van der Waals surface area contributed by atoms with Gasteiger partial charge in [-0.15, -0.1) is 0 Å². The van der Waals surface area contributed by atoms with Gasteiger partial charge in [0.25, 0.3) is 5.91 Å². The number of carbonyl (C=O) groups is 2. The second kappa shape index (κ2) is 9.83. The van der Waals surface area contributed by atoms with E-state index in [1.807, 2.05) is 6.92 Å². The van der Waals surface area contributed by atoms with Gasteiger partial charge in [-0.25, -0.2) is 4.39 Å². The number of aromatic nitrogens is 3. The number of nitrogens with zero attached hydrogens (tertiary/aromatic N) is 3. The van der Waals surface area contributed by atoms with Gasteiger partial charge in [-0.1, -0.05) is 23.2 Å². The Morgan fingerprint density at radius 2 is 2.00 bits per heavy atom. The molecule has 3 aromatic rings. The standard InChI is InChI=1S/C24H24Cl2FN5O3/c1-4-35-21-17(8-16(25)9-18(21)26)14-7-19(27)20(28-10-14)13(2)30-23(34)24(5-6-24)31-22(33)15-11-29-32(3)12-15/h7-13H,4-6H2,1-3H3,(H,30,34)(H,31,33)/t13-/m1/s1. The average Bonchev–Trinajstić information content (AvgIpc) is 3.45. The van der Waals surface area contributed by atoms with E-state index in [-0.39, 0.29) is 5.69 Å². The van der Waals surface area contributed by atoms with Crippen LogP contribution in [0.5, 0.6) is 5.75 Å². The van der Waals surface area contributed by atoms with Gasteiger partial charge in [0.05, 0.1) is 35.1 Å². The molecule has 1 aliphatic rings. The van der Waals surface area contributed by atoms with Gasteiger partial charge in [0.2, 0.25) is 5.91 Å². The van der Waals surface area contributed by atoms with Gasteiger partial charge in [-0.2, -0.15) is 5.10 Å². The highest BCUT2D eigenvalue weighted by atomic mass is 35.5. The van der Waals surface area contributed by atoms with E-state index in [0.29, 0.717) is 51.9 Å². The highest BCUT2D eigenvalue weighted by Crippen LogP contribution is 2.40. The van der Waals surface area contributed by atoms with Crippen LogP contribution in [-0.2, 0) is 11.8 Å².